The fourth-order valence-electron chi connectivity index (χ4n) is 2.83. The summed E-state index contributed by atoms with van der Waals surface area (Å²) in [5.74, 6) is 1.22. The monoisotopic (exact) mass is 320 g/mol. The Hall–Kier alpha value is -1.76. The molecule has 0 spiro atoms. The summed E-state index contributed by atoms with van der Waals surface area (Å²) in [7, 11) is 0. The quantitative estimate of drug-likeness (QED) is 0.850. The van der Waals surface area contributed by atoms with Crippen LogP contribution in [0.3, 0.4) is 0 Å². The molecule has 0 aliphatic carbocycles. The van der Waals surface area contributed by atoms with Crippen LogP contribution in [0.15, 0.2) is 4.52 Å². The molecular weight excluding hydrogens is 300 g/mol. The molecule has 1 aliphatic heterocycles. The second-order valence-electron chi connectivity index (χ2n) is 6.73. The molecule has 1 unspecified atom stereocenters. The lowest BCUT2D eigenvalue weighted by molar-refractivity contribution is -0.131. The predicted octanol–water partition coefficient (Wildman–Crippen LogP) is 2.92. The molecule has 0 N–H and O–H groups in total. The van der Waals surface area contributed by atoms with Gasteiger partial charge in [0.2, 0.25) is 17.6 Å². The van der Waals surface area contributed by atoms with Gasteiger partial charge in [-0.05, 0) is 46.2 Å². The van der Waals surface area contributed by atoms with E-state index in [9.17, 15) is 4.79 Å². The zero-order valence-electron chi connectivity index (χ0n) is 13.5. The third-order valence-corrected chi connectivity index (χ3v) is 4.83. The molecule has 0 bridgehead atoms. The van der Waals surface area contributed by atoms with Crippen molar-refractivity contribution in [1.82, 2.24) is 19.4 Å². The normalized spacial score (nSPS) is 19.2. The first-order valence-corrected chi connectivity index (χ1v) is 8.12. The van der Waals surface area contributed by atoms with Gasteiger partial charge < -0.3 is 9.42 Å². The van der Waals surface area contributed by atoms with Crippen molar-refractivity contribution in [2.24, 2.45) is 0 Å². The summed E-state index contributed by atoms with van der Waals surface area (Å²) >= 11 is 1.44. The molecule has 0 radical (unpaired) electrons. The average Bonchev–Trinajstić information content (AvgIpc) is 3.08. The number of hydrogen-bond acceptors (Lipinski definition) is 6. The topological polar surface area (TPSA) is 72.1 Å². The minimum Gasteiger partial charge on any atom is -0.339 e. The molecule has 2 aromatic rings. The maximum absolute atomic E-state index is 12.2. The van der Waals surface area contributed by atoms with Crippen LogP contribution in [0.4, 0.5) is 0 Å². The Morgan fingerprint density at radius 2 is 2.05 bits per heavy atom. The fraction of sp³-hybridized carbons (Fsp3) is 0.600. The molecule has 2 aromatic heterocycles. The van der Waals surface area contributed by atoms with Crippen LogP contribution < -0.4 is 0 Å². The Balaban J connectivity index is 1.85. The van der Waals surface area contributed by atoms with Gasteiger partial charge in [-0.3, -0.25) is 4.79 Å². The van der Waals surface area contributed by atoms with Gasteiger partial charge in [0.05, 0.1) is 17.2 Å². The number of carbonyl (C=O) groups is 1. The van der Waals surface area contributed by atoms with Crippen molar-refractivity contribution in [3.05, 3.63) is 16.5 Å². The molecule has 1 fully saturated rings. The molecule has 1 saturated heterocycles. The highest BCUT2D eigenvalue weighted by Crippen LogP contribution is 2.34. The average molecular weight is 320 g/mol. The number of likely N-dealkylation sites (tertiary alicyclic amines) is 1. The van der Waals surface area contributed by atoms with Crippen molar-refractivity contribution in [2.75, 3.05) is 6.54 Å². The molecule has 1 amide bonds. The van der Waals surface area contributed by atoms with E-state index in [-0.39, 0.29) is 17.4 Å². The van der Waals surface area contributed by atoms with Crippen LogP contribution in [0.1, 0.15) is 49.6 Å². The Morgan fingerprint density at radius 1 is 1.32 bits per heavy atom. The van der Waals surface area contributed by atoms with E-state index < -0.39 is 0 Å². The third-order valence-electron chi connectivity index (χ3n) is 3.98. The molecule has 1 aliphatic rings. The minimum absolute atomic E-state index is 0.0276. The Kier molecular flexibility index (Phi) is 3.55. The van der Waals surface area contributed by atoms with Gasteiger partial charge in [0.25, 0.3) is 0 Å². The summed E-state index contributed by atoms with van der Waals surface area (Å²) in [6.07, 6.45) is 0.429. The third kappa shape index (κ3) is 2.54. The van der Waals surface area contributed by atoms with Gasteiger partial charge in [-0.1, -0.05) is 5.16 Å². The summed E-state index contributed by atoms with van der Waals surface area (Å²) in [6, 6.07) is 0. The number of aromatic nitrogens is 3. The van der Waals surface area contributed by atoms with Crippen LogP contribution in [0.25, 0.3) is 11.4 Å². The summed E-state index contributed by atoms with van der Waals surface area (Å²) in [5.41, 5.74) is 1.67. The Labute approximate surface area is 133 Å². The summed E-state index contributed by atoms with van der Waals surface area (Å²) < 4.78 is 9.74. The van der Waals surface area contributed by atoms with Gasteiger partial charge in [-0.25, -0.2) is 0 Å². The van der Waals surface area contributed by atoms with Crippen LogP contribution in [0.2, 0.25) is 0 Å². The van der Waals surface area contributed by atoms with Crippen LogP contribution in [0, 0.1) is 13.8 Å². The lowest BCUT2D eigenvalue weighted by Gasteiger charge is -2.31. The SMILES string of the molecule is Cc1nsc(C)c1-c1noc(C2CC(=O)N(C(C)(C)C)C2)n1. The zero-order valence-corrected chi connectivity index (χ0v) is 14.3. The number of hydrogen-bond donors (Lipinski definition) is 0. The standard InChI is InChI=1S/C15H20N4O2S/c1-8-12(9(2)22-18-8)13-16-14(21-17-13)10-6-11(20)19(7-10)15(3,4)5/h10H,6-7H2,1-5H3. The number of aryl methyl sites for hydroxylation is 2. The maximum Gasteiger partial charge on any atom is 0.232 e. The zero-order chi connectivity index (χ0) is 16.1. The van der Waals surface area contributed by atoms with Gasteiger partial charge in [0.1, 0.15) is 0 Å². The van der Waals surface area contributed by atoms with E-state index in [1.165, 1.54) is 11.5 Å². The van der Waals surface area contributed by atoms with Crippen LogP contribution in [-0.4, -0.2) is 37.4 Å². The number of carbonyl (C=O) groups excluding carboxylic acids is 1. The molecule has 0 aromatic carbocycles. The summed E-state index contributed by atoms with van der Waals surface area (Å²) in [5, 5.41) is 4.09. The largest absolute Gasteiger partial charge is 0.339 e. The van der Waals surface area contributed by atoms with Crippen molar-refractivity contribution in [1.29, 1.82) is 0 Å². The number of rotatable bonds is 2. The van der Waals surface area contributed by atoms with E-state index in [4.69, 9.17) is 4.52 Å². The molecular formula is C15H20N4O2S. The van der Waals surface area contributed by atoms with Crippen molar-refractivity contribution >= 4 is 17.4 Å². The lowest BCUT2D eigenvalue weighted by atomic mass is 10.1. The first-order valence-electron chi connectivity index (χ1n) is 7.34. The Morgan fingerprint density at radius 3 is 2.59 bits per heavy atom. The minimum atomic E-state index is -0.181. The first-order chi connectivity index (χ1) is 10.3. The second kappa shape index (κ2) is 5.15. The van der Waals surface area contributed by atoms with Gasteiger partial charge in [-0.2, -0.15) is 9.36 Å². The predicted molar refractivity (Wildman–Crippen MR) is 83.7 cm³/mol. The van der Waals surface area contributed by atoms with Gasteiger partial charge in [-0.15, -0.1) is 0 Å². The highest BCUT2D eigenvalue weighted by molar-refractivity contribution is 7.06. The fourth-order valence-corrected chi connectivity index (χ4v) is 3.52. The van der Waals surface area contributed by atoms with Crippen molar-refractivity contribution < 1.29 is 9.32 Å². The van der Waals surface area contributed by atoms with Crippen LogP contribution in [-0.2, 0) is 4.79 Å². The van der Waals surface area contributed by atoms with Crippen molar-refractivity contribution in [3.8, 4) is 11.4 Å². The molecule has 6 nitrogen and oxygen atoms in total. The molecule has 22 heavy (non-hydrogen) atoms. The molecule has 3 heterocycles. The van der Waals surface area contributed by atoms with Crippen molar-refractivity contribution in [3.63, 3.8) is 0 Å². The number of nitrogens with zero attached hydrogens (tertiary/aromatic N) is 4. The summed E-state index contributed by atoms with van der Waals surface area (Å²) in [4.78, 5) is 19.6. The van der Waals surface area contributed by atoms with Gasteiger partial charge >= 0.3 is 0 Å². The van der Waals surface area contributed by atoms with E-state index in [0.717, 1.165) is 16.1 Å². The van der Waals surface area contributed by atoms with E-state index in [1.54, 1.807) is 0 Å². The molecule has 3 rings (SSSR count). The highest BCUT2D eigenvalue weighted by Gasteiger charge is 2.39. The highest BCUT2D eigenvalue weighted by atomic mass is 32.1. The van der Waals surface area contributed by atoms with E-state index in [0.29, 0.717) is 24.7 Å². The second-order valence-corrected chi connectivity index (χ2v) is 7.71. The first kappa shape index (κ1) is 15.1. The lowest BCUT2D eigenvalue weighted by Crippen LogP contribution is -2.42. The van der Waals surface area contributed by atoms with Gasteiger partial charge in [0.15, 0.2) is 0 Å². The molecule has 118 valence electrons. The van der Waals surface area contributed by atoms with Crippen LogP contribution >= 0.6 is 11.5 Å². The summed E-state index contributed by atoms with van der Waals surface area (Å²) in [6.45, 7) is 10.7. The molecule has 1 atom stereocenters. The van der Waals surface area contributed by atoms with Crippen LogP contribution in [0.5, 0.6) is 0 Å². The van der Waals surface area contributed by atoms with E-state index >= 15 is 0 Å². The van der Waals surface area contributed by atoms with E-state index in [2.05, 4.69) is 14.5 Å². The molecule has 0 saturated carbocycles. The van der Waals surface area contributed by atoms with Gasteiger partial charge in [0, 0.05) is 23.4 Å². The number of amides is 1. The Bertz CT molecular complexity index is 694. The molecule has 7 heteroatoms. The van der Waals surface area contributed by atoms with Crippen molar-refractivity contribution in [2.45, 2.75) is 52.5 Å². The smallest absolute Gasteiger partial charge is 0.232 e. The maximum atomic E-state index is 12.2. The van der Waals surface area contributed by atoms with E-state index in [1.807, 2.05) is 39.5 Å².